The summed E-state index contributed by atoms with van der Waals surface area (Å²) in [6, 6.07) is 8.57. The topological polar surface area (TPSA) is 20.3 Å². The molecule has 0 heterocycles. The number of carbonyl (C=O) groups excluding carboxylic acids is 1. The average Bonchev–Trinajstić information content (AvgIpc) is 2.36. The highest BCUT2D eigenvalue weighted by Crippen LogP contribution is 2.20. The van der Waals surface area contributed by atoms with Crippen molar-refractivity contribution < 1.29 is 18.0 Å². The molecule has 0 aromatic heterocycles. The maximum Gasteiger partial charge on any atom is 0.406 e. The third kappa shape index (κ3) is 5.51. The second-order valence-electron chi connectivity index (χ2n) is 4.35. The van der Waals surface area contributed by atoms with Crippen molar-refractivity contribution in [2.45, 2.75) is 19.6 Å². The van der Waals surface area contributed by atoms with E-state index in [2.05, 4.69) is 0 Å². The zero-order chi connectivity index (χ0) is 14.5. The highest BCUT2D eigenvalue weighted by Gasteiger charge is 2.34. The number of hydrogen-bond acceptors (Lipinski definition) is 1. The monoisotopic (exact) mass is 293 g/mol. The molecule has 1 unspecified atom stereocenters. The van der Waals surface area contributed by atoms with E-state index < -0.39 is 24.5 Å². The number of halogens is 4. The molecule has 1 aromatic carbocycles. The fraction of sp³-hybridized carbons (Fsp3) is 0.462. The number of amides is 1. The number of hydrogen-bond donors (Lipinski definition) is 0. The number of nitrogens with zero attached hydrogens (tertiary/aromatic N) is 1. The molecule has 0 saturated carbocycles. The maximum absolute atomic E-state index is 12.5. The second kappa shape index (κ2) is 6.80. The van der Waals surface area contributed by atoms with E-state index in [0.717, 1.165) is 4.90 Å². The number of carbonyl (C=O) groups is 1. The van der Waals surface area contributed by atoms with Crippen LogP contribution in [-0.2, 0) is 11.3 Å². The molecule has 0 spiro atoms. The number of alkyl halides is 4. The van der Waals surface area contributed by atoms with Crippen molar-refractivity contribution in [2.24, 2.45) is 5.92 Å². The van der Waals surface area contributed by atoms with Gasteiger partial charge in [-0.25, -0.2) is 0 Å². The Hall–Kier alpha value is -1.23. The summed E-state index contributed by atoms with van der Waals surface area (Å²) < 4.78 is 37.5. The molecular weight excluding hydrogens is 279 g/mol. The summed E-state index contributed by atoms with van der Waals surface area (Å²) in [5, 5.41) is 0. The van der Waals surface area contributed by atoms with Crippen LogP contribution in [0.15, 0.2) is 30.3 Å². The van der Waals surface area contributed by atoms with E-state index in [0.29, 0.717) is 5.56 Å². The lowest BCUT2D eigenvalue weighted by molar-refractivity contribution is -0.164. The minimum Gasteiger partial charge on any atom is -0.329 e. The first kappa shape index (κ1) is 15.8. The van der Waals surface area contributed by atoms with Gasteiger partial charge in [0.1, 0.15) is 6.54 Å². The van der Waals surface area contributed by atoms with Gasteiger partial charge in [-0.15, -0.1) is 11.6 Å². The van der Waals surface area contributed by atoms with Gasteiger partial charge in [0, 0.05) is 18.3 Å². The van der Waals surface area contributed by atoms with Gasteiger partial charge >= 0.3 is 6.18 Å². The zero-order valence-electron chi connectivity index (χ0n) is 10.5. The SMILES string of the molecule is CC(CCl)C(=O)N(Cc1ccccc1)CC(F)(F)F. The Morgan fingerprint density at radius 1 is 1.32 bits per heavy atom. The van der Waals surface area contributed by atoms with Crippen LogP contribution in [0, 0.1) is 5.92 Å². The minimum absolute atomic E-state index is 0.00196. The highest BCUT2D eigenvalue weighted by atomic mass is 35.5. The van der Waals surface area contributed by atoms with E-state index in [-0.39, 0.29) is 12.4 Å². The molecule has 1 atom stereocenters. The van der Waals surface area contributed by atoms with Crippen LogP contribution in [0.2, 0.25) is 0 Å². The van der Waals surface area contributed by atoms with Gasteiger partial charge in [0.15, 0.2) is 0 Å². The summed E-state index contributed by atoms with van der Waals surface area (Å²) in [6.07, 6.45) is -4.42. The molecule has 0 aliphatic rings. The van der Waals surface area contributed by atoms with Gasteiger partial charge in [0.25, 0.3) is 0 Å². The zero-order valence-corrected chi connectivity index (χ0v) is 11.2. The van der Waals surface area contributed by atoms with Crippen LogP contribution >= 0.6 is 11.6 Å². The highest BCUT2D eigenvalue weighted by molar-refractivity contribution is 6.19. The Kier molecular flexibility index (Phi) is 5.66. The van der Waals surface area contributed by atoms with Crippen LogP contribution in [0.5, 0.6) is 0 Å². The lowest BCUT2D eigenvalue weighted by Gasteiger charge is -2.26. The third-order valence-electron chi connectivity index (χ3n) is 2.55. The van der Waals surface area contributed by atoms with Crippen molar-refractivity contribution in [1.82, 2.24) is 4.90 Å². The van der Waals surface area contributed by atoms with Crippen LogP contribution in [0.4, 0.5) is 13.2 Å². The molecule has 1 rings (SSSR count). The smallest absolute Gasteiger partial charge is 0.329 e. The lowest BCUT2D eigenvalue weighted by atomic mass is 10.1. The normalized spacial score (nSPS) is 13.1. The molecule has 0 N–H and O–H groups in total. The molecule has 19 heavy (non-hydrogen) atoms. The summed E-state index contributed by atoms with van der Waals surface area (Å²) >= 11 is 5.54. The van der Waals surface area contributed by atoms with Crippen molar-refractivity contribution >= 4 is 17.5 Å². The first-order chi connectivity index (χ1) is 8.83. The van der Waals surface area contributed by atoms with Gasteiger partial charge in [-0.05, 0) is 5.56 Å². The summed E-state index contributed by atoms with van der Waals surface area (Å²) in [5.74, 6) is -1.22. The van der Waals surface area contributed by atoms with Crippen molar-refractivity contribution in [2.75, 3.05) is 12.4 Å². The second-order valence-corrected chi connectivity index (χ2v) is 4.66. The molecule has 0 fully saturated rings. The van der Waals surface area contributed by atoms with E-state index in [1.165, 1.54) is 6.92 Å². The van der Waals surface area contributed by atoms with Gasteiger partial charge in [-0.2, -0.15) is 13.2 Å². The van der Waals surface area contributed by atoms with Gasteiger partial charge in [0.2, 0.25) is 5.91 Å². The lowest BCUT2D eigenvalue weighted by Crippen LogP contribution is -2.41. The maximum atomic E-state index is 12.5. The van der Waals surface area contributed by atoms with Gasteiger partial charge in [-0.1, -0.05) is 37.3 Å². The standard InChI is InChI=1S/C13H15ClF3NO/c1-10(7-14)12(19)18(9-13(15,16)17)8-11-5-3-2-4-6-11/h2-6,10H,7-9H2,1H3. The predicted molar refractivity (Wildman–Crippen MR) is 67.8 cm³/mol. The summed E-state index contributed by atoms with van der Waals surface area (Å²) in [7, 11) is 0. The van der Waals surface area contributed by atoms with Gasteiger partial charge in [0.05, 0.1) is 0 Å². The van der Waals surface area contributed by atoms with Crippen LogP contribution in [0.25, 0.3) is 0 Å². The predicted octanol–water partition coefficient (Wildman–Crippen LogP) is 3.45. The van der Waals surface area contributed by atoms with Gasteiger partial charge < -0.3 is 4.90 Å². The van der Waals surface area contributed by atoms with Crippen molar-refractivity contribution in [3.05, 3.63) is 35.9 Å². The third-order valence-corrected chi connectivity index (χ3v) is 3.01. The van der Waals surface area contributed by atoms with Gasteiger partial charge in [-0.3, -0.25) is 4.79 Å². The first-order valence-corrected chi connectivity index (χ1v) is 6.32. The molecule has 0 aliphatic heterocycles. The van der Waals surface area contributed by atoms with E-state index in [9.17, 15) is 18.0 Å². The minimum atomic E-state index is -4.42. The molecule has 0 aliphatic carbocycles. The molecule has 106 valence electrons. The van der Waals surface area contributed by atoms with E-state index in [1.54, 1.807) is 30.3 Å². The molecule has 0 saturated heterocycles. The van der Waals surface area contributed by atoms with Crippen molar-refractivity contribution in [3.8, 4) is 0 Å². The quantitative estimate of drug-likeness (QED) is 0.762. The average molecular weight is 294 g/mol. The molecular formula is C13H15ClF3NO. The van der Waals surface area contributed by atoms with Crippen LogP contribution < -0.4 is 0 Å². The molecule has 6 heteroatoms. The van der Waals surface area contributed by atoms with Crippen LogP contribution in [-0.4, -0.2) is 29.4 Å². The molecule has 0 bridgehead atoms. The molecule has 1 aromatic rings. The Morgan fingerprint density at radius 3 is 2.37 bits per heavy atom. The fourth-order valence-corrected chi connectivity index (χ4v) is 1.74. The van der Waals surface area contributed by atoms with E-state index >= 15 is 0 Å². The van der Waals surface area contributed by atoms with Crippen molar-refractivity contribution in [3.63, 3.8) is 0 Å². The largest absolute Gasteiger partial charge is 0.406 e. The number of benzene rings is 1. The Bertz CT molecular complexity index is 408. The Morgan fingerprint density at radius 2 is 1.89 bits per heavy atom. The molecule has 1 amide bonds. The molecule has 0 radical (unpaired) electrons. The number of rotatable bonds is 5. The molecule has 2 nitrogen and oxygen atoms in total. The van der Waals surface area contributed by atoms with E-state index in [4.69, 9.17) is 11.6 Å². The Balaban J connectivity index is 2.83. The fourth-order valence-electron chi connectivity index (χ4n) is 1.61. The summed E-state index contributed by atoms with van der Waals surface area (Å²) in [5.41, 5.74) is 0.655. The van der Waals surface area contributed by atoms with E-state index in [1.807, 2.05) is 0 Å². The van der Waals surface area contributed by atoms with Crippen LogP contribution in [0.1, 0.15) is 12.5 Å². The van der Waals surface area contributed by atoms with Crippen LogP contribution in [0.3, 0.4) is 0 Å². The summed E-state index contributed by atoms with van der Waals surface area (Å²) in [6.45, 7) is 0.187. The Labute approximate surface area is 115 Å². The first-order valence-electron chi connectivity index (χ1n) is 5.79. The van der Waals surface area contributed by atoms with Crippen molar-refractivity contribution in [1.29, 1.82) is 0 Å². The summed E-state index contributed by atoms with van der Waals surface area (Å²) in [4.78, 5) is 12.7.